The van der Waals surface area contributed by atoms with Gasteiger partial charge in [-0.15, -0.1) is 0 Å². The standard InChI is InChI=1S/C14H16ClF3N2O/c15-12-10(3-4-11(19-12)14(16,17)18)13(21)5-7-20-6-1-2-9(20)8-13/h3-4,9,21H,1-2,5-8H2. The van der Waals surface area contributed by atoms with Crippen LogP contribution in [0.15, 0.2) is 12.1 Å². The first-order chi connectivity index (χ1) is 9.79. The van der Waals surface area contributed by atoms with E-state index in [1.165, 1.54) is 6.07 Å². The first-order valence-corrected chi connectivity index (χ1v) is 7.38. The molecule has 3 nitrogen and oxygen atoms in total. The number of aromatic nitrogens is 1. The van der Waals surface area contributed by atoms with Crippen molar-refractivity contribution in [3.05, 3.63) is 28.5 Å². The van der Waals surface area contributed by atoms with Crippen molar-refractivity contribution in [3.63, 3.8) is 0 Å². The average molecular weight is 321 g/mol. The molecule has 1 aromatic rings. The molecule has 3 rings (SSSR count). The second-order valence-corrected chi connectivity index (χ2v) is 6.21. The highest BCUT2D eigenvalue weighted by Crippen LogP contribution is 2.42. The molecule has 2 unspecified atom stereocenters. The summed E-state index contributed by atoms with van der Waals surface area (Å²) >= 11 is 5.92. The first-order valence-electron chi connectivity index (χ1n) is 7.00. The van der Waals surface area contributed by atoms with E-state index in [-0.39, 0.29) is 11.2 Å². The second kappa shape index (κ2) is 5.11. The number of halogens is 4. The Morgan fingerprint density at radius 3 is 2.76 bits per heavy atom. The van der Waals surface area contributed by atoms with Crippen molar-refractivity contribution in [1.82, 2.24) is 9.88 Å². The fourth-order valence-electron chi connectivity index (χ4n) is 3.43. The van der Waals surface area contributed by atoms with Gasteiger partial charge in [0.05, 0.1) is 5.60 Å². The summed E-state index contributed by atoms with van der Waals surface area (Å²) < 4.78 is 37.9. The van der Waals surface area contributed by atoms with Crippen LogP contribution in [0.3, 0.4) is 0 Å². The number of alkyl halides is 3. The van der Waals surface area contributed by atoms with Gasteiger partial charge in [0.2, 0.25) is 0 Å². The lowest BCUT2D eigenvalue weighted by molar-refractivity contribution is -0.141. The minimum Gasteiger partial charge on any atom is -0.385 e. The average Bonchev–Trinajstić information content (AvgIpc) is 2.84. The monoisotopic (exact) mass is 320 g/mol. The highest BCUT2D eigenvalue weighted by atomic mass is 35.5. The summed E-state index contributed by atoms with van der Waals surface area (Å²) in [5, 5.41) is 10.6. The summed E-state index contributed by atoms with van der Waals surface area (Å²) in [6.45, 7) is 1.76. The van der Waals surface area contributed by atoms with Gasteiger partial charge in [0.1, 0.15) is 10.8 Å². The summed E-state index contributed by atoms with van der Waals surface area (Å²) in [6.07, 6.45) is -1.45. The second-order valence-electron chi connectivity index (χ2n) is 5.85. The van der Waals surface area contributed by atoms with Crippen LogP contribution in [0.5, 0.6) is 0 Å². The van der Waals surface area contributed by atoms with Crippen LogP contribution in [0, 0.1) is 0 Å². The molecule has 7 heteroatoms. The van der Waals surface area contributed by atoms with Gasteiger partial charge in [-0.2, -0.15) is 13.2 Å². The third kappa shape index (κ3) is 2.76. The van der Waals surface area contributed by atoms with Gasteiger partial charge in [-0.05, 0) is 38.3 Å². The minimum atomic E-state index is -4.53. The van der Waals surface area contributed by atoms with E-state index in [1.54, 1.807) is 0 Å². The molecule has 3 heterocycles. The van der Waals surface area contributed by atoms with Crippen molar-refractivity contribution in [2.24, 2.45) is 0 Å². The maximum absolute atomic E-state index is 12.6. The lowest BCUT2D eigenvalue weighted by Crippen LogP contribution is -2.46. The number of hydrogen-bond donors (Lipinski definition) is 1. The van der Waals surface area contributed by atoms with Gasteiger partial charge in [-0.3, -0.25) is 0 Å². The Morgan fingerprint density at radius 1 is 1.33 bits per heavy atom. The van der Waals surface area contributed by atoms with E-state index in [2.05, 4.69) is 9.88 Å². The van der Waals surface area contributed by atoms with E-state index in [4.69, 9.17) is 11.6 Å². The largest absolute Gasteiger partial charge is 0.433 e. The molecule has 2 aliphatic rings. The van der Waals surface area contributed by atoms with Gasteiger partial charge in [0.25, 0.3) is 0 Å². The predicted molar refractivity (Wildman–Crippen MR) is 72.0 cm³/mol. The Hall–Kier alpha value is -0.850. The van der Waals surface area contributed by atoms with E-state index in [0.717, 1.165) is 32.0 Å². The molecule has 1 N–H and O–H groups in total. The summed E-state index contributed by atoms with van der Waals surface area (Å²) in [5.74, 6) is 0. The molecule has 0 aromatic carbocycles. The third-order valence-electron chi connectivity index (χ3n) is 4.53. The fraction of sp³-hybridized carbons (Fsp3) is 0.643. The van der Waals surface area contributed by atoms with E-state index >= 15 is 0 Å². The Bertz CT molecular complexity index is 552. The molecule has 2 atom stereocenters. The smallest absolute Gasteiger partial charge is 0.385 e. The Kier molecular flexibility index (Phi) is 3.66. The van der Waals surface area contributed by atoms with Crippen molar-refractivity contribution in [3.8, 4) is 0 Å². The lowest BCUT2D eigenvalue weighted by atomic mass is 9.81. The molecule has 2 fully saturated rings. The van der Waals surface area contributed by atoms with Crippen LogP contribution < -0.4 is 0 Å². The Labute approximate surface area is 125 Å². The van der Waals surface area contributed by atoms with E-state index < -0.39 is 17.5 Å². The molecule has 2 aliphatic heterocycles. The van der Waals surface area contributed by atoms with Crippen molar-refractivity contribution < 1.29 is 18.3 Å². The molecule has 0 aliphatic carbocycles. The number of hydrogen-bond acceptors (Lipinski definition) is 3. The molecule has 2 saturated heterocycles. The van der Waals surface area contributed by atoms with Gasteiger partial charge in [0, 0.05) is 18.2 Å². The van der Waals surface area contributed by atoms with Crippen molar-refractivity contribution in [2.45, 2.75) is 43.5 Å². The van der Waals surface area contributed by atoms with Crippen LogP contribution in [0.1, 0.15) is 36.9 Å². The zero-order valence-electron chi connectivity index (χ0n) is 11.3. The summed E-state index contributed by atoms with van der Waals surface area (Å²) in [6, 6.07) is 2.44. The zero-order chi connectivity index (χ0) is 15.3. The van der Waals surface area contributed by atoms with Crippen molar-refractivity contribution >= 4 is 11.6 Å². The van der Waals surface area contributed by atoms with Crippen LogP contribution in [-0.4, -0.2) is 34.1 Å². The first kappa shape index (κ1) is 15.1. The quantitative estimate of drug-likeness (QED) is 0.807. The van der Waals surface area contributed by atoms with Crippen LogP contribution >= 0.6 is 11.6 Å². The van der Waals surface area contributed by atoms with Crippen LogP contribution in [0.4, 0.5) is 13.2 Å². The van der Waals surface area contributed by atoms with Gasteiger partial charge >= 0.3 is 6.18 Å². The minimum absolute atomic E-state index is 0.251. The van der Waals surface area contributed by atoms with Gasteiger partial charge in [-0.1, -0.05) is 17.7 Å². The summed E-state index contributed by atoms with van der Waals surface area (Å²) in [4.78, 5) is 5.74. The highest BCUT2D eigenvalue weighted by molar-refractivity contribution is 6.30. The number of piperidine rings is 1. The molecule has 0 spiro atoms. The number of nitrogens with zero attached hydrogens (tertiary/aromatic N) is 2. The van der Waals surface area contributed by atoms with Crippen LogP contribution in [0.2, 0.25) is 5.15 Å². The molecule has 0 saturated carbocycles. The van der Waals surface area contributed by atoms with Gasteiger partial charge in [0.15, 0.2) is 0 Å². The molecular formula is C14H16ClF3N2O. The number of pyridine rings is 1. The SMILES string of the molecule is OC1(c2ccc(C(F)(F)F)nc2Cl)CCN2CCCC2C1. The van der Waals surface area contributed by atoms with Crippen LogP contribution in [-0.2, 0) is 11.8 Å². The maximum Gasteiger partial charge on any atom is 0.433 e. The van der Waals surface area contributed by atoms with Gasteiger partial charge in [-0.25, -0.2) is 4.98 Å². The molecule has 1 aromatic heterocycles. The van der Waals surface area contributed by atoms with E-state index in [1.807, 2.05) is 0 Å². The Morgan fingerprint density at radius 2 is 2.10 bits per heavy atom. The molecule has 0 bridgehead atoms. The molecule has 116 valence electrons. The highest BCUT2D eigenvalue weighted by Gasteiger charge is 2.43. The number of fused-ring (bicyclic) bond motifs is 1. The summed E-state index contributed by atoms with van der Waals surface area (Å²) in [5.41, 5.74) is -1.90. The topological polar surface area (TPSA) is 36.4 Å². The maximum atomic E-state index is 12.6. The number of rotatable bonds is 1. The number of aliphatic hydroxyl groups is 1. The molecular weight excluding hydrogens is 305 g/mol. The van der Waals surface area contributed by atoms with E-state index in [9.17, 15) is 18.3 Å². The zero-order valence-corrected chi connectivity index (χ0v) is 12.1. The third-order valence-corrected chi connectivity index (χ3v) is 4.81. The molecule has 21 heavy (non-hydrogen) atoms. The van der Waals surface area contributed by atoms with E-state index in [0.29, 0.717) is 18.4 Å². The van der Waals surface area contributed by atoms with Crippen LogP contribution in [0.25, 0.3) is 0 Å². The van der Waals surface area contributed by atoms with Gasteiger partial charge < -0.3 is 10.0 Å². The lowest BCUT2D eigenvalue weighted by Gasteiger charge is -2.41. The normalized spacial score (nSPS) is 30.4. The Balaban J connectivity index is 1.89. The summed E-state index contributed by atoms with van der Waals surface area (Å²) in [7, 11) is 0. The predicted octanol–water partition coefficient (Wildman–Crippen LogP) is 3.20. The van der Waals surface area contributed by atoms with Crippen molar-refractivity contribution in [2.75, 3.05) is 13.1 Å². The molecule has 0 amide bonds. The fourth-order valence-corrected chi connectivity index (χ4v) is 3.75. The van der Waals surface area contributed by atoms with Crippen molar-refractivity contribution in [1.29, 1.82) is 0 Å². The molecule has 0 radical (unpaired) electrons.